The zero-order chi connectivity index (χ0) is 16.9. The van der Waals surface area contributed by atoms with Crippen LogP contribution in [-0.2, 0) is 4.79 Å². The van der Waals surface area contributed by atoms with Crippen molar-refractivity contribution in [1.29, 1.82) is 0 Å². The Bertz CT molecular complexity index is 579. The van der Waals surface area contributed by atoms with Crippen molar-refractivity contribution in [3.8, 4) is 0 Å². The molecule has 2 fully saturated rings. The second-order valence-corrected chi connectivity index (χ2v) is 6.79. The number of hydrogen-bond donors (Lipinski definition) is 3. The third-order valence-electron chi connectivity index (χ3n) is 5.10. The van der Waals surface area contributed by atoms with Gasteiger partial charge in [0.15, 0.2) is 0 Å². The van der Waals surface area contributed by atoms with E-state index < -0.39 is 0 Å². The van der Waals surface area contributed by atoms with E-state index in [9.17, 15) is 9.59 Å². The molecule has 3 rings (SSSR count). The summed E-state index contributed by atoms with van der Waals surface area (Å²) in [5.41, 5.74) is 1.71. The van der Waals surface area contributed by atoms with E-state index in [4.69, 9.17) is 0 Å². The maximum atomic E-state index is 12.4. The highest BCUT2D eigenvalue weighted by Gasteiger charge is 2.29. The molecule has 1 saturated heterocycles. The van der Waals surface area contributed by atoms with Crippen LogP contribution < -0.4 is 10.6 Å². The summed E-state index contributed by atoms with van der Waals surface area (Å²) >= 11 is 0. The summed E-state index contributed by atoms with van der Waals surface area (Å²) in [6, 6.07) is -0.0155. The molecule has 2 heterocycles. The molecule has 0 radical (unpaired) electrons. The van der Waals surface area contributed by atoms with Crippen LogP contribution in [0.15, 0.2) is 6.20 Å². The number of carbonyl (C=O) groups excluding carboxylic acids is 2. The molecule has 3 amide bonds. The van der Waals surface area contributed by atoms with E-state index in [2.05, 4.69) is 20.8 Å². The Morgan fingerprint density at radius 2 is 2.08 bits per heavy atom. The standard InChI is InChI=1S/C17H27N5O2/c1-2-18-17(24)22-9-5-8-13(11-22)15-14(10-19-21-15)20-16(23)12-6-3-4-7-12/h10,12-13H,2-9,11H2,1H3,(H,18,24)(H,19,21)(H,20,23). The minimum atomic E-state index is -0.0155. The normalized spacial score (nSPS) is 21.7. The first-order valence-electron chi connectivity index (χ1n) is 9.06. The average Bonchev–Trinajstić information content (AvgIpc) is 3.27. The average molecular weight is 333 g/mol. The molecule has 1 aromatic rings. The second-order valence-electron chi connectivity index (χ2n) is 6.79. The third kappa shape index (κ3) is 3.71. The molecule has 1 aliphatic carbocycles. The summed E-state index contributed by atoms with van der Waals surface area (Å²) in [6.45, 7) is 3.98. The summed E-state index contributed by atoms with van der Waals surface area (Å²) in [5, 5.41) is 13.1. The van der Waals surface area contributed by atoms with Gasteiger partial charge in [-0.15, -0.1) is 0 Å². The summed E-state index contributed by atoms with van der Waals surface area (Å²) < 4.78 is 0. The molecule has 2 aliphatic rings. The van der Waals surface area contributed by atoms with Gasteiger partial charge in [-0.2, -0.15) is 5.10 Å². The van der Waals surface area contributed by atoms with Crippen molar-refractivity contribution in [2.75, 3.05) is 25.0 Å². The highest BCUT2D eigenvalue weighted by molar-refractivity contribution is 5.93. The lowest BCUT2D eigenvalue weighted by atomic mass is 9.94. The summed E-state index contributed by atoms with van der Waals surface area (Å²) in [4.78, 5) is 26.3. The molecule has 1 saturated carbocycles. The van der Waals surface area contributed by atoms with Crippen molar-refractivity contribution in [3.63, 3.8) is 0 Å². The molecular weight excluding hydrogens is 306 g/mol. The number of H-pyrrole nitrogens is 1. The molecule has 24 heavy (non-hydrogen) atoms. The van der Waals surface area contributed by atoms with Crippen LogP contribution in [0.25, 0.3) is 0 Å². The van der Waals surface area contributed by atoms with Crippen molar-refractivity contribution >= 4 is 17.6 Å². The van der Waals surface area contributed by atoms with E-state index in [1.54, 1.807) is 6.20 Å². The van der Waals surface area contributed by atoms with E-state index in [1.165, 1.54) is 0 Å². The number of amides is 3. The predicted octanol–water partition coefficient (Wildman–Crippen LogP) is 2.45. The van der Waals surface area contributed by atoms with Crippen LogP contribution in [0.3, 0.4) is 0 Å². The van der Waals surface area contributed by atoms with Gasteiger partial charge >= 0.3 is 6.03 Å². The molecule has 0 spiro atoms. The Kier molecular flexibility index (Phi) is 5.37. The van der Waals surface area contributed by atoms with E-state index >= 15 is 0 Å². The quantitative estimate of drug-likeness (QED) is 0.790. The fourth-order valence-corrected chi connectivity index (χ4v) is 3.79. The number of nitrogens with one attached hydrogen (secondary N) is 3. The molecule has 0 bridgehead atoms. The van der Waals surface area contributed by atoms with Gasteiger partial charge in [0.2, 0.25) is 5.91 Å². The van der Waals surface area contributed by atoms with E-state index in [-0.39, 0.29) is 23.8 Å². The zero-order valence-corrected chi connectivity index (χ0v) is 14.3. The first-order valence-corrected chi connectivity index (χ1v) is 9.06. The number of hydrogen-bond acceptors (Lipinski definition) is 3. The van der Waals surface area contributed by atoms with Crippen LogP contribution in [0.5, 0.6) is 0 Å². The number of rotatable bonds is 4. The molecule has 7 heteroatoms. The lowest BCUT2D eigenvalue weighted by Gasteiger charge is -2.32. The lowest BCUT2D eigenvalue weighted by molar-refractivity contribution is -0.119. The van der Waals surface area contributed by atoms with Crippen molar-refractivity contribution in [2.45, 2.75) is 51.4 Å². The second kappa shape index (κ2) is 7.68. The molecule has 132 valence electrons. The number of piperidine rings is 1. The summed E-state index contributed by atoms with van der Waals surface area (Å²) in [7, 11) is 0. The van der Waals surface area contributed by atoms with Crippen molar-refractivity contribution in [1.82, 2.24) is 20.4 Å². The highest BCUT2D eigenvalue weighted by atomic mass is 16.2. The smallest absolute Gasteiger partial charge is 0.317 e. The first-order chi connectivity index (χ1) is 11.7. The zero-order valence-electron chi connectivity index (χ0n) is 14.3. The number of likely N-dealkylation sites (tertiary alicyclic amines) is 1. The van der Waals surface area contributed by atoms with Crippen LogP contribution in [0.2, 0.25) is 0 Å². The Balaban J connectivity index is 1.65. The number of anilines is 1. The van der Waals surface area contributed by atoms with E-state index in [0.29, 0.717) is 13.1 Å². The Labute approximate surface area is 142 Å². The molecule has 0 aromatic carbocycles. The topological polar surface area (TPSA) is 90.1 Å². The third-order valence-corrected chi connectivity index (χ3v) is 5.10. The molecule has 1 aliphatic heterocycles. The minimum Gasteiger partial charge on any atom is -0.338 e. The lowest BCUT2D eigenvalue weighted by Crippen LogP contribution is -2.45. The fraction of sp³-hybridized carbons (Fsp3) is 0.706. The van der Waals surface area contributed by atoms with Crippen LogP contribution in [0, 0.1) is 5.92 Å². The Hall–Kier alpha value is -2.05. The molecular formula is C17H27N5O2. The van der Waals surface area contributed by atoms with Gasteiger partial charge in [0.05, 0.1) is 17.6 Å². The van der Waals surface area contributed by atoms with Gasteiger partial charge in [-0.05, 0) is 32.6 Å². The van der Waals surface area contributed by atoms with Crippen LogP contribution in [0.4, 0.5) is 10.5 Å². The van der Waals surface area contributed by atoms with Gasteiger partial charge in [-0.1, -0.05) is 12.8 Å². The number of aromatic amines is 1. The largest absolute Gasteiger partial charge is 0.338 e. The maximum absolute atomic E-state index is 12.4. The number of nitrogens with zero attached hydrogens (tertiary/aromatic N) is 2. The molecule has 3 N–H and O–H groups in total. The Morgan fingerprint density at radius 3 is 2.83 bits per heavy atom. The SMILES string of the molecule is CCNC(=O)N1CCCC(c2[nH]ncc2NC(=O)C2CCCC2)C1. The van der Waals surface area contributed by atoms with E-state index in [0.717, 1.165) is 56.5 Å². The maximum Gasteiger partial charge on any atom is 0.317 e. The van der Waals surface area contributed by atoms with Gasteiger partial charge < -0.3 is 15.5 Å². The van der Waals surface area contributed by atoms with Crippen LogP contribution in [0.1, 0.15) is 57.1 Å². The first kappa shape index (κ1) is 16.8. The molecule has 1 atom stereocenters. The predicted molar refractivity (Wildman–Crippen MR) is 91.8 cm³/mol. The molecule has 7 nitrogen and oxygen atoms in total. The van der Waals surface area contributed by atoms with Gasteiger partial charge in [-0.25, -0.2) is 4.79 Å². The molecule has 1 unspecified atom stereocenters. The summed E-state index contributed by atoms with van der Waals surface area (Å²) in [6.07, 6.45) is 7.87. The number of aromatic nitrogens is 2. The Morgan fingerprint density at radius 1 is 1.29 bits per heavy atom. The van der Waals surface area contributed by atoms with Crippen molar-refractivity contribution in [2.24, 2.45) is 5.92 Å². The van der Waals surface area contributed by atoms with Crippen LogP contribution in [-0.4, -0.2) is 46.7 Å². The monoisotopic (exact) mass is 333 g/mol. The van der Waals surface area contributed by atoms with Gasteiger partial charge in [0.1, 0.15) is 0 Å². The number of carbonyl (C=O) groups is 2. The van der Waals surface area contributed by atoms with Gasteiger partial charge in [-0.3, -0.25) is 9.89 Å². The van der Waals surface area contributed by atoms with Crippen molar-refractivity contribution in [3.05, 3.63) is 11.9 Å². The van der Waals surface area contributed by atoms with Crippen molar-refractivity contribution < 1.29 is 9.59 Å². The number of urea groups is 1. The fourth-order valence-electron chi connectivity index (χ4n) is 3.79. The van der Waals surface area contributed by atoms with Gasteiger partial charge in [0, 0.05) is 31.5 Å². The minimum absolute atomic E-state index is 0.0155. The molecule has 1 aromatic heterocycles. The highest BCUT2D eigenvalue weighted by Crippen LogP contribution is 2.32. The van der Waals surface area contributed by atoms with E-state index in [1.807, 2.05) is 11.8 Å². The van der Waals surface area contributed by atoms with Gasteiger partial charge in [0.25, 0.3) is 0 Å². The summed E-state index contributed by atoms with van der Waals surface area (Å²) in [5.74, 6) is 0.417. The van der Waals surface area contributed by atoms with Crippen LogP contribution >= 0.6 is 0 Å².